The van der Waals surface area contributed by atoms with Crippen LogP contribution in [0, 0.1) is 5.92 Å². The minimum atomic E-state index is -2.83. The van der Waals surface area contributed by atoms with Crippen LogP contribution in [0.25, 0.3) is 0 Å². The molecule has 6 heteroatoms. The maximum atomic E-state index is 12.3. The number of hydrogen-bond acceptors (Lipinski definition) is 4. The molecule has 0 aliphatic carbocycles. The summed E-state index contributed by atoms with van der Waals surface area (Å²) in [6.45, 7) is 0.292. The van der Waals surface area contributed by atoms with Gasteiger partial charge in [-0.25, -0.2) is 0 Å². The summed E-state index contributed by atoms with van der Waals surface area (Å²) in [4.78, 5) is 8.82. The van der Waals surface area contributed by atoms with Crippen molar-refractivity contribution in [2.24, 2.45) is 5.92 Å². The molecule has 2 aliphatic rings. The molecule has 110 valence electrons. The van der Waals surface area contributed by atoms with Crippen LogP contribution in [0.5, 0.6) is 5.88 Å². The first-order valence-electron chi connectivity index (χ1n) is 7.00. The fourth-order valence-corrected chi connectivity index (χ4v) is 3.37. The molecule has 3 heterocycles. The maximum absolute atomic E-state index is 12.3. The van der Waals surface area contributed by atoms with E-state index in [0.29, 0.717) is 12.0 Å². The van der Waals surface area contributed by atoms with E-state index in [1.165, 1.54) is 6.07 Å². The second-order valence-corrected chi connectivity index (χ2v) is 5.57. The minimum absolute atomic E-state index is 0.00567. The zero-order valence-corrected chi connectivity index (χ0v) is 11.5. The van der Waals surface area contributed by atoms with E-state index in [-0.39, 0.29) is 5.88 Å². The number of pyridine rings is 1. The number of aromatic nitrogens is 1. The van der Waals surface area contributed by atoms with Gasteiger partial charge < -0.3 is 14.5 Å². The summed E-state index contributed by atoms with van der Waals surface area (Å²) in [7, 11) is 2.15. The van der Waals surface area contributed by atoms with Crippen LogP contribution < -0.4 is 9.64 Å². The maximum Gasteiger partial charge on any atom is 0.388 e. The Morgan fingerprint density at radius 3 is 2.95 bits per heavy atom. The number of halogens is 2. The molecule has 2 fully saturated rings. The van der Waals surface area contributed by atoms with E-state index in [1.807, 2.05) is 6.07 Å². The Morgan fingerprint density at radius 2 is 2.15 bits per heavy atom. The zero-order valence-electron chi connectivity index (χ0n) is 11.5. The highest BCUT2D eigenvalue weighted by molar-refractivity contribution is 5.43. The molecule has 0 saturated carbocycles. The number of hydrogen-bond donors (Lipinski definition) is 0. The summed E-state index contributed by atoms with van der Waals surface area (Å²) in [6, 6.07) is 5.54. The van der Waals surface area contributed by atoms with E-state index in [2.05, 4.69) is 26.6 Å². The van der Waals surface area contributed by atoms with Crippen LogP contribution in [-0.4, -0.2) is 49.2 Å². The van der Waals surface area contributed by atoms with Gasteiger partial charge in [0.2, 0.25) is 5.88 Å². The van der Waals surface area contributed by atoms with E-state index in [0.717, 1.165) is 38.3 Å². The Kier molecular flexibility index (Phi) is 3.74. The summed E-state index contributed by atoms with van der Waals surface area (Å²) in [5, 5.41) is 0. The van der Waals surface area contributed by atoms with E-state index in [4.69, 9.17) is 0 Å². The molecule has 0 radical (unpaired) electrons. The van der Waals surface area contributed by atoms with Crippen molar-refractivity contribution < 1.29 is 13.5 Å². The molecule has 1 aromatic rings. The summed E-state index contributed by atoms with van der Waals surface area (Å²) in [5.41, 5.74) is 0. The monoisotopic (exact) mass is 283 g/mol. The van der Waals surface area contributed by atoms with Crippen molar-refractivity contribution in [1.82, 2.24) is 9.88 Å². The van der Waals surface area contributed by atoms with Gasteiger partial charge in [-0.3, -0.25) is 0 Å². The fourth-order valence-electron chi connectivity index (χ4n) is 3.37. The lowest BCUT2D eigenvalue weighted by molar-refractivity contribution is -0.0527. The molecule has 0 amide bonds. The molecule has 0 aromatic carbocycles. The Balaban J connectivity index is 1.76. The summed E-state index contributed by atoms with van der Waals surface area (Å²) in [5.74, 6) is 1.39. The highest BCUT2D eigenvalue weighted by Crippen LogP contribution is 2.34. The van der Waals surface area contributed by atoms with Crippen LogP contribution in [0.15, 0.2) is 18.2 Å². The van der Waals surface area contributed by atoms with Gasteiger partial charge in [0, 0.05) is 25.2 Å². The van der Waals surface area contributed by atoms with Crippen LogP contribution in [-0.2, 0) is 0 Å². The number of nitrogens with zero attached hydrogens (tertiary/aromatic N) is 3. The second kappa shape index (κ2) is 5.52. The average Bonchev–Trinajstić information content (AvgIpc) is 2.81. The third-order valence-corrected chi connectivity index (χ3v) is 4.25. The van der Waals surface area contributed by atoms with Gasteiger partial charge in [-0.1, -0.05) is 6.07 Å². The Labute approximate surface area is 117 Å². The first-order chi connectivity index (χ1) is 9.63. The quantitative estimate of drug-likeness (QED) is 0.850. The van der Waals surface area contributed by atoms with Gasteiger partial charge in [-0.2, -0.15) is 13.8 Å². The number of alkyl halides is 2. The lowest BCUT2D eigenvalue weighted by Gasteiger charge is -2.36. The molecule has 0 spiro atoms. The lowest BCUT2D eigenvalue weighted by Crippen LogP contribution is -2.44. The van der Waals surface area contributed by atoms with Crippen molar-refractivity contribution in [3.05, 3.63) is 18.2 Å². The molecule has 3 rings (SSSR count). The summed E-state index contributed by atoms with van der Waals surface area (Å²) < 4.78 is 28.9. The van der Waals surface area contributed by atoms with Gasteiger partial charge in [-0.05, 0) is 38.4 Å². The van der Waals surface area contributed by atoms with Gasteiger partial charge in [0.1, 0.15) is 5.82 Å². The zero-order chi connectivity index (χ0) is 14.1. The number of fused-ring (bicyclic) bond motifs is 1. The third kappa shape index (κ3) is 2.70. The molecule has 2 atom stereocenters. The molecule has 2 saturated heterocycles. The third-order valence-electron chi connectivity index (χ3n) is 4.25. The second-order valence-electron chi connectivity index (χ2n) is 5.57. The van der Waals surface area contributed by atoms with Crippen molar-refractivity contribution >= 4 is 5.82 Å². The normalized spacial score (nSPS) is 26.9. The molecule has 1 unspecified atom stereocenters. The first kappa shape index (κ1) is 13.5. The van der Waals surface area contributed by atoms with E-state index < -0.39 is 6.61 Å². The topological polar surface area (TPSA) is 28.6 Å². The van der Waals surface area contributed by atoms with Gasteiger partial charge >= 0.3 is 6.61 Å². The van der Waals surface area contributed by atoms with Crippen LogP contribution in [0.3, 0.4) is 0 Å². The highest BCUT2D eigenvalue weighted by atomic mass is 19.3. The number of piperidine rings is 1. The number of rotatable bonds is 3. The predicted octanol–water partition coefficient (Wildman–Crippen LogP) is 2.21. The highest BCUT2D eigenvalue weighted by Gasteiger charge is 2.37. The smallest absolute Gasteiger partial charge is 0.388 e. The Morgan fingerprint density at radius 1 is 1.30 bits per heavy atom. The van der Waals surface area contributed by atoms with Crippen molar-refractivity contribution in [2.75, 3.05) is 31.6 Å². The molecule has 0 bridgehead atoms. The largest absolute Gasteiger partial charge is 0.417 e. The number of anilines is 1. The van der Waals surface area contributed by atoms with Gasteiger partial charge in [0.05, 0.1) is 0 Å². The fraction of sp³-hybridized carbons (Fsp3) is 0.643. The predicted molar refractivity (Wildman–Crippen MR) is 72.2 cm³/mol. The van der Waals surface area contributed by atoms with Crippen molar-refractivity contribution in [2.45, 2.75) is 25.5 Å². The molecule has 2 aliphatic heterocycles. The van der Waals surface area contributed by atoms with E-state index in [1.54, 1.807) is 6.07 Å². The van der Waals surface area contributed by atoms with Gasteiger partial charge in [0.15, 0.2) is 0 Å². The van der Waals surface area contributed by atoms with E-state index >= 15 is 0 Å². The first-order valence-corrected chi connectivity index (χ1v) is 7.00. The van der Waals surface area contributed by atoms with E-state index in [9.17, 15) is 8.78 Å². The summed E-state index contributed by atoms with van der Waals surface area (Å²) >= 11 is 0. The van der Waals surface area contributed by atoms with Crippen LogP contribution in [0.2, 0.25) is 0 Å². The Bertz CT molecular complexity index is 471. The minimum Gasteiger partial charge on any atom is -0.417 e. The lowest BCUT2D eigenvalue weighted by atomic mass is 9.93. The average molecular weight is 283 g/mol. The van der Waals surface area contributed by atoms with Crippen molar-refractivity contribution in [1.29, 1.82) is 0 Å². The molecular formula is C14H19F2N3O. The van der Waals surface area contributed by atoms with Crippen LogP contribution in [0.1, 0.15) is 12.8 Å². The molecular weight excluding hydrogens is 264 g/mol. The Hall–Kier alpha value is -1.43. The van der Waals surface area contributed by atoms with Crippen molar-refractivity contribution in [3.8, 4) is 5.88 Å². The standard InChI is InChI=1S/C14H19F2N3O/c1-18-7-6-11-10(9-18)5-8-19(11)12-3-2-4-13(17-12)20-14(15)16/h2-4,10-11,14H,5-9H2,1H3/t10-,11?/m1/s1. The molecule has 20 heavy (non-hydrogen) atoms. The van der Waals surface area contributed by atoms with Gasteiger partial charge in [-0.15, -0.1) is 0 Å². The van der Waals surface area contributed by atoms with Crippen molar-refractivity contribution in [3.63, 3.8) is 0 Å². The van der Waals surface area contributed by atoms with Crippen LogP contribution in [0.4, 0.5) is 14.6 Å². The van der Waals surface area contributed by atoms with Crippen LogP contribution >= 0.6 is 0 Å². The molecule has 1 aromatic heterocycles. The molecule has 0 N–H and O–H groups in total. The number of likely N-dealkylation sites (tertiary alicyclic amines) is 1. The number of ether oxygens (including phenoxy) is 1. The van der Waals surface area contributed by atoms with Gasteiger partial charge in [0.25, 0.3) is 0 Å². The summed E-state index contributed by atoms with van der Waals surface area (Å²) in [6.07, 6.45) is 2.24. The SMILES string of the molecule is CN1CCC2[C@H](CCN2c2cccc(OC(F)F)n2)C1. The molecule has 4 nitrogen and oxygen atoms in total.